The van der Waals surface area contributed by atoms with Crippen LogP contribution in [0.4, 0.5) is 5.69 Å². The number of rotatable bonds is 3. The first-order chi connectivity index (χ1) is 5.75. The zero-order chi connectivity index (χ0) is 8.97. The van der Waals surface area contributed by atoms with E-state index in [9.17, 15) is 10.1 Å². The minimum atomic E-state index is -0.427. The van der Waals surface area contributed by atoms with Gasteiger partial charge in [0, 0.05) is 29.9 Å². The van der Waals surface area contributed by atoms with E-state index in [1.54, 1.807) is 0 Å². The van der Waals surface area contributed by atoms with Gasteiger partial charge in [0.05, 0.1) is 4.92 Å². The molecule has 0 aromatic carbocycles. The Morgan fingerprint density at radius 3 is 2.85 bits per heavy atom. The lowest BCUT2D eigenvalue weighted by molar-refractivity contribution is -0.385. The van der Waals surface area contributed by atoms with Gasteiger partial charge in [0.1, 0.15) is 0 Å². The fourth-order valence-electron chi connectivity index (χ4n) is 0.892. The van der Waals surface area contributed by atoms with Crippen molar-refractivity contribution in [1.29, 1.82) is 0 Å². The molecule has 0 unspecified atom stereocenters. The lowest BCUT2D eigenvalue weighted by Gasteiger charge is -1.97. The van der Waals surface area contributed by atoms with Crippen molar-refractivity contribution in [1.82, 2.24) is 4.98 Å². The predicted octanol–water partition coefficient (Wildman–Crippen LogP) is 2.19. The number of pyridine rings is 1. The number of nitrogens with zero attached hydrogens (tertiary/aromatic N) is 2. The Morgan fingerprint density at radius 2 is 2.31 bits per heavy atom. The zero-order valence-electron chi connectivity index (χ0n) is 6.64. The smallest absolute Gasteiger partial charge is 0.264 e. The Morgan fingerprint density at radius 1 is 1.62 bits per heavy atom. The fourth-order valence-corrected chi connectivity index (χ4v) is 1.10. The number of halogens is 2. The largest absolute Gasteiger partial charge is 0.275 e. The van der Waals surface area contributed by atoms with Gasteiger partial charge in [-0.2, -0.15) is 0 Å². The summed E-state index contributed by atoms with van der Waals surface area (Å²) in [6.07, 6.45) is 3.35. The fraction of sp³-hybridized carbons (Fsp3) is 0.286. The van der Waals surface area contributed by atoms with Gasteiger partial charge in [-0.1, -0.05) is 0 Å². The lowest BCUT2D eigenvalue weighted by atomic mass is 10.2. The van der Waals surface area contributed by atoms with Crippen LogP contribution in [0, 0.1) is 10.1 Å². The summed E-state index contributed by atoms with van der Waals surface area (Å²) in [7, 11) is 0. The van der Waals surface area contributed by atoms with E-state index in [2.05, 4.69) is 4.98 Å². The van der Waals surface area contributed by atoms with E-state index in [1.165, 1.54) is 18.5 Å². The van der Waals surface area contributed by atoms with Crippen molar-refractivity contribution in [3.63, 3.8) is 0 Å². The highest BCUT2D eigenvalue weighted by Crippen LogP contribution is 2.16. The van der Waals surface area contributed by atoms with Gasteiger partial charge in [0.25, 0.3) is 5.69 Å². The molecule has 1 aromatic heterocycles. The van der Waals surface area contributed by atoms with E-state index in [1.807, 2.05) is 0 Å². The van der Waals surface area contributed by atoms with Crippen molar-refractivity contribution in [2.24, 2.45) is 0 Å². The van der Waals surface area contributed by atoms with Crippen LogP contribution in [0.3, 0.4) is 0 Å². The van der Waals surface area contributed by atoms with Crippen molar-refractivity contribution in [3.8, 4) is 0 Å². The molecular formula is C7H8Cl2N2O2. The third-order valence-corrected chi connectivity index (χ3v) is 1.63. The summed E-state index contributed by atoms with van der Waals surface area (Å²) in [5, 5.41) is 10.4. The van der Waals surface area contributed by atoms with E-state index in [0.29, 0.717) is 17.9 Å². The molecule has 72 valence electrons. The SMILES string of the molecule is Cl.O=[N+]([O-])c1ccncc1CCCl. The van der Waals surface area contributed by atoms with Crippen molar-refractivity contribution in [2.75, 3.05) is 5.88 Å². The Labute approximate surface area is 86.5 Å². The molecule has 0 saturated heterocycles. The van der Waals surface area contributed by atoms with Crippen molar-refractivity contribution in [3.05, 3.63) is 34.1 Å². The Kier molecular flexibility index (Phi) is 5.34. The summed E-state index contributed by atoms with van der Waals surface area (Å²) in [4.78, 5) is 13.8. The molecule has 0 saturated carbocycles. The van der Waals surface area contributed by atoms with E-state index < -0.39 is 4.92 Å². The summed E-state index contributed by atoms with van der Waals surface area (Å²) in [5.74, 6) is 0.368. The first kappa shape index (κ1) is 12.1. The Balaban J connectivity index is 0.00000144. The van der Waals surface area contributed by atoms with Gasteiger partial charge in [-0.05, 0) is 6.42 Å². The topological polar surface area (TPSA) is 56.0 Å². The van der Waals surface area contributed by atoms with Crippen molar-refractivity contribution < 1.29 is 4.92 Å². The van der Waals surface area contributed by atoms with Gasteiger partial charge in [-0.25, -0.2) is 0 Å². The van der Waals surface area contributed by atoms with Crippen LogP contribution in [0.25, 0.3) is 0 Å². The first-order valence-electron chi connectivity index (χ1n) is 3.39. The Bertz CT molecular complexity index is 294. The second-order valence-corrected chi connectivity index (χ2v) is 2.58. The van der Waals surface area contributed by atoms with Gasteiger partial charge in [-0.15, -0.1) is 24.0 Å². The highest BCUT2D eigenvalue weighted by molar-refractivity contribution is 6.18. The summed E-state index contributed by atoms with van der Waals surface area (Å²) >= 11 is 5.46. The molecule has 1 aromatic rings. The minimum absolute atomic E-state index is 0. The average Bonchev–Trinajstić information content (AvgIpc) is 2.05. The molecule has 0 atom stereocenters. The number of aromatic nitrogens is 1. The van der Waals surface area contributed by atoms with Crippen LogP contribution in [-0.4, -0.2) is 15.8 Å². The van der Waals surface area contributed by atoms with Crippen LogP contribution in [0.15, 0.2) is 18.5 Å². The van der Waals surface area contributed by atoms with Crippen LogP contribution >= 0.6 is 24.0 Å². The summed E-state index contributed by atoms with van der Waals surface area (Å²) in [5.41, 5.74) is 0.670. The van der Waals surface area contributed by atoms with E-state index in [4.69, 9.17) is 11.6 Å². The van der Waals surface area contributed by atoms with Crippen molar-refractivity contribution in [2.45, 2.75) is 6.42 Å². The molecule has 0 spiro atoms. The summed E-state index contributed by atoms with van der Waals surface area (Å²) in [6.45, 7) is 0. The number of nitro groups is 1. The van der Waals surface area contributed by atoms with Crippen LogP contribution in [-0.2, 0) is 6.42 Å². The monoisotopic (exact) mass is 222 g/mol. The molecule has 1 rings (SSSR count). The molecule has 1 heterocycles. The minimum Gasteiger partial charge on any atom is -0.264 e. The third-order valence-electron chi connectivity index (χ3n) is 1.44. The summed E-state index contributed by atoms with van der Waals surface area (Å²) < 4.78 is 0. The maximum Gasteiger partial charge on any atom is 0.275 e. The summed E-state index contributed by atoms with van der Waals surface area (Å²) in [6, 6.07) is 1.38. The quantitative estimate of drug-likeness (QED) is 0.448. The number of hydrogen-bond donors (Lipinski definition) is 0. The maximum absolute atomic E-state index is 10.4. The van der Waals surface area contributed by atoms with Gasteiger partial charge in [-0.3, -0.25) is 15.1 Å². The van der Waals surface area contributed by atoms with Gasteiger partial charge >= 0.3 is 0 Å². The molecule has 0 bridgehead atoms. The predicted molar refractivity (Wildman–Crippen MR) is 52.6 cm³/mol. The van der Waals surface area contributed by atoms with Crippen LogP contribution in [0.1, 0.15) is 5.56 Å². The molecule has 0 fully saturated rings. The highest BCUT2D eigenvalue weighted by atomic mass is 35.5. The standard InChI is InChI=1S/C7H7ClN2O2.ClH/c8-3-1-6-5-9-4-2-7(6)10(11)12;/h2,4-5H,1,3H2;1H. The lowest BCUT2D eigenvalue weighted by Crippen LogP contribution is -1.96. The molecule has 4 nitrogen and oxygen atoms in total. The number of aryl methyl sites for hydroxylation is 1. The van der Waals surface area contributed by atoms with E-state index in [0.717, 1.165) is 0 Å². The van der Waals surface area contributed by atoms with Crippen LogP contribution in [0.5, 0.6) is 0 Å². The molecular weight excluding hydrogens is 215 g/mol. The second-order valence-electron chi connectivity index (χ2n) is 2.20. The highest BCUT2D eigenvalue weighted by Gasteiger charge is 2.11. The van der Waals surface area contributed by atoms with Crippen LogP contribution < -0.4 is 0 Å². The zero-order valence-corrected chi connectivity index (χ0v) is 8.22. The normalized spacial score (nSPS) is 9.00. The van der Waals surface area contributed by atoms with Gasteiger partial charge < -0.3 is 0 Å². The first-order valence-corrected chi connectivity index (χ1v) is 3.92. The molecule has 0 aliphatic heterocycles. The van der Waals surface area contributed by atoms with Crippen LogP contribution in [0.2, 0.25) is 0 Å². The third kappa shape index (κ3) is 3.16. The average molecular weight is 223 g/mol. The molecule has 6 heteroatoms. The van der Waals surface area contributed by atoms with Gasteiger partial charge in [0.2, 0.25) is 0 Å². The molecule has 0 aliphatic carbocycles. The van der Waals surface area contributed by atoms with E-state index in [-0.39, 0.29) is 18.1 Å². The molecule has 0 aliphatic rings. The molecule has 0 amide bonds. The number of hydrogen-bond acceptors (Lipinski definition) is 3. The van der Waals surface area contributed by atoms with Gasteiger partial charge in [0.15, 0.2) is 0 Å². The van der Waals surface area contributed by atoms with E-state index >= 15 is 0 Å². The molecule has 0 N–H and O–H groups in total. The Hall–Kier alpha value is -0.870. The second kappa shape index (κ2) is 5.72. The molecule has 13 heavy (non-hydrogen) atoms. The number of alkyl halides is 1. The molecule has 0 radical (unpaired) electrons. The maximum atomic E-state index is 10.4. The van der Waals surface area contributed by atoms with Crippen molar-refractivity contribution >= 4 is 29.7 Å².